The summed E-state index contributed by atoms with van der Waals surface area (Å²) in [5.41, 5.74) is 1.33. The second-order valence-electron chi connectivity index (χ2n) is 6.11. The van der Waals surface area contributed by atoms with Crippen molar-refractivity contribution in [2.45, 2.75) is 18.4 Å². The van der Waals surface area contributed by atoms with Crippen LogP contribution in [0.2, 0.25) is 5.02 Å². The molecule has 0 aliphatic heterocycles. The minimum Gasteiger partial charge on any atom is -0.460 e. The number of carbonyl (C=O) groups is 1. The van der Waals surface area contributed by atoms with Gasteiger partial charge in [0.25, 0.3) is 0 Å². The highest BCUT2D eigenvalue weighted by Crippen LogP contribution is 2.25. The summed E-state index contributed by atoms with van der Waals surface area (Å²) in [6.07, 6.45) is 0. The van der Waals surface area contributed by atoms with Gasteiger partial charge in [0.2, 0.25) is 10.0 Å². The van der Waals surface area contributed by atoms with Crippen LogP contribution in [0.4, 0.5) is 0 Å². The van der Waals surface area contributed by atoms with Crippen LogP contribution >= 0.6 is 11.6 Å². The zero-order chi connectivity index (χ0) is 19.6. The molecule has 0 N–H and O–H groups in total. The van der Waals surface area contributed by atoms with Crippen LogP contribution in [-0.4, -0.2) is 25.6 Å². The standard InChI is InChI=1S/C20H18ClNO4S/c1-14(23)15-5-10-19(11-6-15)27(24,25)22(2)13-18-9-12-20(26-18)16-3-7-17(21)8-4-16/h3-12H,13H2,1-2H3. The number of nitrogens with zero attached hydrogens (tertiary/aromatic N) is 1. The van der Waals surface area contributed by atoms with Crippen LogP contribution in [0.15, 0.2) is 70.0 Å². The second-order valence-corrected chi connectivity index (χ2v) is 8.60. The molecule has 3 rings (SSSR count). The molecule has 1 aromatic heterocycles. The Hall–Kier alpha value is -2.41. The number of Topliss-reactive ketones (excluding diaryl/α,β-unsaturated/α-hetero) is 1. The predicted octanol–water partition coefficient (Wildman–Crippen LogP) is 4.62. The van der Waals surface area contributed by atoms with Crippen molar-refractivity contribution in [1.29, 1.82) is 0 Å². The molecule has 0 atom stereocenters. The first-order valence-corrected chi connectivity index (χ1v) is 10.0. The van der Waals surface area contributed by atoms with Gasteiger partial charge in [0.05, 0.1) is 11.4 Å². The van der Waals surface area contributed by atoms with E-state index in [4.69, 9.17) is 16.0 Å². The van der Waals surface area contributed by atoms with Gasteiger partial charge in [-0.1, -0.05) is 23.7 Å². The smallest absolute Gasteiger partial charge is 0.243 e. The van der Waals surface area contributed by atoms with E-state index < -0.39 is 10.0 Å². The highest BCUT2D eigenvalue weighted by atomic mass is 35.5. The molecule has 0 saturated carbocycles. The molecule has 7 heteroatoms. The van der Waals surface area contributed by atoms with Crippen LogP contribution in [0.5, 0.6) is 0 Å². The Bertz CT molecular complexity index is 1050. The average Bonchev–Trinajstić information content (AvgIpc) is 3.10. The van der Waals surface area contributed by atoms with Crippen LogP contribution in [-0.2, 0) is 16.6 Å². The lowest BCUT2D eigenvalue weighted by Gasteiger charge is -2.16. The molecule has 140 valence electrons. The number of carbonyl (C=O) groups excluding carboxylic acids is 1. The van der Waals surface area contributed by atoms with E-state index in [1.807, 2.05) is 12.1 Å². The molecule has 3 aromatic rings. The molecule has 0 amide bonds. The molecule has 0 unspecified atom stereocenters. The number of halogens is 1. The van der Waals surface area contributed by atoms with E-state index in [1.165, 1.54) is 42.5 Å². The van der Waals surface area contributed by atoms with Gasteiger partial charge >= 0.3 is 0 Å². The SMILES string of the molecule is CC(=O)c1ccc(S(=O)(=O)N(C)Cc2ccc(-c3ccc(Cl)cc3)o2)cc1. The van der Waals surface area contributed by atoms with Crippen molar-refractivity contribution in [1.82, 2.24) is 4.31 Å². The van der Waals surface area contributed by atoms with Crippen molar-refractivity contribution in [2.24, 2.45) is 0 Å². The van der Waals surface area contributed by atoms with Crippen LogP contribution in [0.25, 0.3) is 11.3 Å². The van der Waals surface area contributed by atoms with E-state index in [0.717, 1.165) is 5.56 Å². The third-order valence-electron chi connectivity index (χ3n) is 4.14. The number of sulfonamides is 1. The third kappa shape index (κ3) is 4.30. The van der Waals surface area contributed by atoms with Crippen molar-refractivity contribution < 1.29 is 17.6 Å². The van der Waals surface area contributed by atoms with Crippen molar-refractivity contribution in [3.63, 3.8) is 0 Å². The van der Waals surface area contributed by atoms with E-state index in [1.54, 1.807) is 24.3 Å². The molecule has 0 aliphatic rings. The van der Waals surface area contributed by atoms with Gasteiger partial charge in [0.1, 0.15) is 11.5 Å². The maximum atomic E-state index is 12.7. The molecule has 0 aliphatic carbocycles. The summed E-state index contributed by atoms with van der Waals surface area (Å²) in [6.45, 7) is 1.52. The zero-order valence-electron chi connectivity index (χ0n) is 14.8. The maximum Gasteiger partial charge on any atom is 0.243 e. The lowest BCUT2D eigenvalue weighted by atomic mass is 10.2. The van der Waals surface area contributed by atoms with Crippen molar-refractivity contribution in [2.75, 3.05) is 7.05 Å². The summed E-state index contributed by atoms with van der Waals surface area (Å²) >= 11 is 5.89. The quantitative estimate of drug-likeness (QED) is 0.563. The summed E-state index contributed by atoms with van der Waals surface area (Å²) in [6, 6.07) is 16.6. The first kappa shape index (κ1) is 19.4. The summed E-state index contributed by atoms with van der Waals surface area (Å²) in [7, 11) is -2.21. The third-order valence-corrected chi connectivity index (χ3v) is 6.21. The fourth-order valence-electron chi connectivity index (χ4n) is 2.58. The van der Waals surface area contributed by atoms with E-state index >= 15 is 0 Å². The largest absolute Gasteiger partial charge is 0.460 e. The van der Waals surface area contributed by atoms with Crippen LogP contribution in [0, 0.1) is 0 Å². The minimum atomic E-state index is -3.70. The summed E-state index contributed by atoms with van der Waals surface area (Å²) in [5, 5.41) is 0.632. The molecule has 0 spiro atoms. The highest BCUT2D eigenvalue weighted by Gasteiger charge is 2.22. The number of hydrogen-bond donors (Lipinski definition) is 0. The van der Waals surface area contributed by atoms with E-state index in [-0.39, 0.29) is 17.2 Å². The lowest BCUT2D eigenvalue weighted by molar-refractivity contribution is 0.101. The van der Waals surface area contributed by atoms with Gasteiger partial charge in [-0.2, -0.15) is 4.31 Å². The number of benzene rings is 2. The van der Waals surface area contributed by atoms with Crippen LogP contribution in [0.1, 0.15) is 23.0 Å². The van der Waals surface area contributed by atoms with Crippen LogP contribution < -0.4 is 0 Å². The predicted molar refractivity (Wildman–Crippen MR) is 104 cm³/mol. The maximum absolute atomic E-state index is 12.7. The first-order valence-electron chi connectivity index (χ1n) is 8.19. The number of ketones is 1. The molecule has 0 saturated heterocycles. The Morgan fingerprint density at radius 3 is 2.22 bits per heavy atom. The Balaban J connectivity index is 1.77. The van der Waals surface area contributed by atoms with Gasteiger partial charge in [0.15, 0.2) is 5.78 Å². The molecule has 5 nitrogen and oxygen atoms in total. The van der Waals surface area contributed by atoms with Crippen molar-refractivity contribution in [3.8, 4) is 11.3 Å². The van der Waals surface area contributed by atoms with E-state index in [9.17, 15) is 13.2 Å². The summed E-state index contributed by atoms with van der Waals surface area (Å²) in [4.78, 5) is 11.5. The van der Waals surface area contributed by atoms with E-state index in [0.29, 0.717) is 22.1 Å². The number of furan rings is 1. The first-order chi connectivity index (χ1) is 12.8. The number of rotatable bonds is 6. The Morgan fingerprint density at radius 2 is 1.63 bits per heavy atom. The van der Waals surface area contributed by atoms with Crippen molar-refractivity contribution in [3.05, 3.63) is 77.0 Å². The Morgan fingerprint density at radius 1 is 1.00 bits per heavy atom. The van der Waals surface area contributed by atoms with Gasteiger partial charge in [-0.05, 0) is 55.5 Å². The summed E-state index contributed by atoms with van der Waals surface area (Å²) < 4.78 is 32.4. The molecular formula is C20H18ClNO4S. The minimum absolute atomic E-state index is 0.0877. The lowest BCUT2D eigenvalue weighted by Crippen LogP contribution is -2.26. The number of hydrogen-bond acceptors (Lipinski definition) is 4. The molecular weight excluding hydrogens is 386 g/mol. The fraction of sp³-hybridized carbons (Fsp3) is 0.150. The summed E-state index contributed by atoms with van der Waals surface area (Å²) in [5.74, 6) is 1.04. The Labute approximate surface area is 163 Å². The molecule has 27 heavy (non-hydrogen) atoms. The second kappa shape index (κ2) is 7.68. The Kier molecular flexibility index (Phi) is 5.51. The topological polar surface area (TPSA) is 67.6 Å². The molecule has 1 heterocycles. The normalized spacial score (nSPS) is 11.7. The zero-order valence-corrected chi connectivity index (χ0v) is 16.4. The van der Waals surface area contributed by atoms with Gasteiger partial charge in [0, 0.05) is 23.2 Å². The van der Waals surface area contributed by atoms with Gasteiger partial charge in [-0.25, -0.2) is 8.42 Å². The van der Waals surface area contributed by atoms with Gasteiger partial charge < -0.3 is 4.42 Å². The van der Waals surface area contributed by atoms with Gasteiger partial charge in [-0.15, -0.1) is 0 Å². The molecule has 2 aromatic carbocycles. The monoisotopic (exact) mass is 403 g/mol. The highest BCUT2D eigenvalue weighted by molar-refractivity contribution is 7.89. The molecule has 0 radical (unpaired) electrons. The van der Waals surface area contributed by atoms with Gasteiger partial charge in [-0.3, -0.25) is 4.79 Å². The fourth-order valence-corrected chi connectivity index (χ4v) is 3.84. The van der Waals surface area contributed by atoms with E-state index in [2.05, 4.69) is 0 Å². The van der Waals surface area contributed by atoms with Crippen molar-refractivity contribution >= 4 is 27.4 Å². The molecule has 0 bridgehead atoms. The van der Waals surface area contributed by atoms with Crippen LogP contribution in [0.3, 0.4) is 0 Å². The molecule has 0 fully saturated rings. The average molecular weight is 404 g/mol.